The van der Waals surface area contributed by atoms with E-state index in [2.05, 4.69) is 4.98 Å². The quantitative estimate of drug-likeness (QED) is 0.770. The highest BCUT2D eigenvalue weighted by atomic mass is 16.6. The Kier molecular flexibility index (Phi) is 3.88. The van der Waals surface area contributed by atoms with E-state index in [1.54, 1.807) is 6.92 Å². The first-order valence-corrected chi connectivity index (χ1v) is 6.13. The molecule has 2 heterocycles. The Balaban J connectivity index is 2.38. The number of hydrogen-bond acceptors (Lipinski definition) is 5. The summed E-state index contributed by atoms with van der Waals surface area (Å²) >= 11 is 0. The molecule has 19 heavy (non-hydrogen) atoms. The summed E-state index contributed by atoms with van der Waals surface area (Å²) in [6.07, 6.45) is -0.758. The second kappa shape index (κ2) is 5.28. The monoisotopic (exact) mass is 270 g/mol. The van der Waals surface area contributed by atoms with Crippen LogP contribution < -0.4 is 11.2 Å². The molecule has 0 spiro atoms. The van der Waals surface area contributed by atoms with E-state index in [-0.39, 0.29) is 12.0 Å². The highest BCUT2D eigenvalue weighted by Crippen LogP contribution is 2.36. The normalized spacial score (nSPS) is 32.4. The summed E-state index contributed by atoms with van der Waals surface area (Å²) in [5.41, 5.74) is -1.02. The van der Waals surface area contributed by atoms with Crippen molar-refractivity contribution in [1.29, 1.82) is 0 Å². The molecule has 7 nitrogen and oxygen atoms in total. The van der Waals surface area contributed by atoms with E-state index < -0.39 is 29.7 Å². The van der Waals surface area contributed by atoms with E-state index in [1.807, 2.05) is 6.92 Å². The zero-order valence-electron chi connectivity index (χ0n) is 11.1. The van der Waals surface area contributed by atoms with Gasteiger partial charge in [0.05, 0.1) is 12.2 Å². The Hall–Kier alpha value is -1.44. The van der Waals surface area contributed by atoms with Gasteiger partial charge in [-0.2, -0.15) is 0 Å². The minimum Gasteiger partial charge on any atom is -0.391 e. The lowest BCUT2D eigenvalue weighted by Crippen LogP contribution is -2.36. The average molecular weight is 270 g/mol. The Labute approximate surface area is 109 Å². The maximum atomic E-state index is 11.8. The molecule has 0 aliphatic carbocycles. The van der Waals surface area contributed by atoms with Crippen LogP contribution in [0.25, 0.3) is 0 Å². The van der Waals surface area contributed by atoms with Gasteiger partial charge < -0.3 is 14.6 Å². The van der Waals surface area contributed by atoms with Crippen molar-refractivity contribution in [1.82, 2.24) is 9.55 Å². The zero-order valence-corrected chi connectivity index (χ0v) is 11.1. The first-order chi connectivity index (χ1) is 8.95. The fourth-order valence-electron chi connectivity index (χ4n) is 2.54. The fourth-order valence-corrected chi connectivity index (χ4v) is 2.54. The topological polar surface area (TPSA) is 93.5 Å². The van der Waals surface area contributed by atoms with Gasteiger partial charge in [-0.3, -0.25) is 14.3 Å². The maximum Gasteiger partial charge on any atom is 0.330 e. The Morgan fingerprint density at radius 2 is 2.21 bits per heavy atom. The Bertz CT molecular complexity index is 550. The van der Waals surface area contributed by atoms with Crippen LogP contribution in [-0.2, 0) is 9.47 Å². The van der Waals surface area contributed by atoms with Crippen LogP contribution in [0.2, 0.25) is 0 Å². The summed E-state index contributed by atoms with van der Waals surface area (Å²) in [6.45, 7) is 3.52. The highest BCUT2D eigenvalue weighted by Gasteiger charge is 2.45. The van der Waals surface area contributed by atoms with E-state index in [9.17, 15) is 14.7 Å². The molecular formula is C12H18N2O5. The highest BCUT2D eigenvalue weighted by molar-refractivity contribution is 4.93. The molecule has 1 aromatic rings. The second-order valence-corrected chi connectivity index (χ2v) is 4.81. The molecular weight excluding hydrogens is 252 g/mol. The van der Waals surface area contributed by atoms with E-state index in [0.29, 0.717) is 0 Å². The zero-order chi connectivity index (χ0) is 14.2. The standard InChI is InChI=1S/C12H18N2O5/c1-6-9(7(2)15)19-11(10(6)18-3)14-5-4-8(16)13-12(14)17/h4-7,9-11,15H,1-3H3,(H,13,16,17)/t6?,7-,9-,10-,11+/m0/s1. The van der Waals surface area contributed by atoms with Crippen molar-refractivity contribution in [3.8, 4) is 0 Å². The summed E-state index contributed by atoms with van der Waals surface area (Å²) in [5.74, 6) is -0.0752. The number of aromatic amines is 1. The van der Waals surface area contributed by atoms with E-state index in [1.165, 1.54) is 23.9 Å². The van der Waals surface area contributed by atoms with Crippen molar-refractivity contribution in [2.24, 2.45) is 5.92 Å². The van der Waals surface area contributed by atoms with Crippen molar-refractivity contribution in [3.63, 3.8) is 0 Å². The number of aromatic nitrogens is 2. The van der Waals surface area contributed by atoms with Gasteiger partial charge in [0.2, 0.25) is 0 Å². The van der Waals surface area contributed by atoms with E-state index in [4.69, 9.17) is 9.47 Å². The minimum atomic E-state index is -0.670. The van der Waals surface area contributed by atoms with Crippen LogP contribution in [0.15, 0.2) is 21.9 Å². The molecule has 2 N–H and O–H groups in total. The molecule has 5 atom stereocenters. The van der Waals surface area contributed by atoms with Gasteiger partial charge in [-0.05, 0) is 6.92 Å². The molecule has 1 aliphatic rings. The first-order valence-electron chi connectivity index (χ1n) is 6.13. The van der Waals surface area contributed by atoms with Crippen LogP contribution in [0.5, 0.6) is 0 Å². The van der Waals surface area contributed by atoms with Gasteiger partial charge in [0.25, 0.3) is 5.56 Å². The molecule has 7 heteroatoms. The van der Waals surface area contributed by atoms with Crippen LogP contribution >= 0.6 is 0 Å². The maximum absolute atomic E-state index is 11.8. The number of H-pyrrole nitrogens is 1. The number of aliphatic hydroxyl groups excluding tert-OH is 1. The van der Waals surface area contributed by atoms with Crippen molar-refractivity contribution in [2.45, 2.75) is 38.4 Å². The van der Waals surface area contributed by atoms with Crippen molar-refractivity contribution >= 4 is 0 Å². The third-order valence-corrected chi connectivity index (χ3v) is 3.49. The summed E-state index contributed by atoms with van der Waals surface area (Å²) in [5, 5.41) is 9.69. The van der Waals surface area contributed by atoms with Crippen LogP contribution in [0.3, 0.4) is 0 Å². The number of methoxy groups -OCH3 is 1. The van der Waals surface area contributed by atoms with Crippen LogP contribution in [-0.4, -0.2) is 40.1 Å². The van der Waals surface area contributed by atoms with Gasteiger partial charge in [-0.1, -0.05) is 6.92 Å². The minimum absolute atomic E-state index is 0.0752. The molecule has 0 radical (unpaired) electrons. The SMILES string of the molecule is CO[C@H]1C(C)[C@@H]([C@H](C)O)O[C@H]1n1ccc(=O)[nH]c1=O. The molecule has 1 unspecified atom stereocenters. The van der Waals surface area contributed by atoms with Crippen LogP contribution in [0.4, 0.5) is 0 Å². The number of hydrogen-bond donors (Lipinski definition) is 2. The predicted molar refractivity (Wildman–Crippen MR) is 66.9 cm³/mol. The van der Waals surface area contributed by atoms with Crippen molar-refractivity contribution < 1.29 is 14.6 Å². The summed E-state index contributed by atoms with van der Waals surface area (Å²) < 4.78 is 12.4. The molecule has 1 fully saturated rings. The summed E-state index contributed by atoms with van der Waals surface area (Å²) in [6, 6.07) is 1.25. The lowest BCUT2D eigenvalue weighted by Gasteiger charge is -2.20. The van der Waals surface area contributed by atoms with Gasteiger partial charge >= 0.3 is 5.69 Å². The molecule has 0 bridgehead atoms. The molecule has 0 saturated carbocycles. The van der Waals surface area contributed by atoms with E-state index >= 15 is 0 Å². The third kappa shape index (κ3) is 2.49. The molecule has 1 aliphatic heterocycles. The van der Waals surface area contributed by atoms with Gasteiger partial charge in [0, 0.05) is 25.3 Å². The third-order valence-electron chi connectivity index (χ3n) is 3.49. The van der Waals surface area contributed by atoms with Crippen LogP contribution in [0.1, 0.15) is 20.1 Å². The lowest BCUT2D eigenvalue weighted by molar-refractivity contribution is -0.0800. The number of nitrogens with one attached hydrogen (secondary N) is 1. The van der Waals surface area contributed by atoms with Gasteiger partial charge in [-0.25, -0.2) is 4.79 Å². The lowest BCUT2D eigenvalue weighted by atomic mass is 9.97. The first kappa shape index (κ1) is 14.0. The van der Waals surface area contributed by atoms with E-state index in [0.717, 1.165) is 0 Å². The Morgan fingerprint density at radius 1 is 1.53 bits per heavy atom. The number of nitrogens with zero attached hydrogens (tertiary/aromatic N) is 1. The average Bonchev–Trinajstić information content (AvgIpc) is 2.66. The van der Waals surface area contributed by atoms with Crippen molar-refractivity contribution in [2.75, 3.05) is 7.11 Å². The summed E-state index contributed by atoms with van der Waals surface area (Å²) in [7, 11) is 1.53. The largest absolute Gasteiger partial charge is 0.391 e. The molecule has 1 saturated heterocycles. The molecule has 0 amide bonds. The van der Waals surface area contributed by atoms with Gasteiger partial charge in [0.1, 0.15) is 6.10 Å². The molecule has 2 rings (SSSR count). The smallest absolute Gasteiger partial charge is 0.330 e. The summed E-state index contributed by atoms with van der Waals surface area (Å²) in [4.78, 5) is 25.0. The number of rotatable bonds is 3. The van der Waals surface area contributed by atoms with Gasteiger partial charge in [-0.15, -0.1) is 0 Å². The fraction of sp³-hybridized carbons (Fsp3) is 0.667. The number of ether oxygens (including phenoxy) is 2. The Morgan fingerprint density at radius 3 is 2.74 bits per heavy atom. The molecule has 1 aromatic heterocycles. The van der Waals surface area contributed by atoms with Crippen molar-refractivity contribution in [3.05, 3.63) is 33.1 Å². The predicted octanol–water partition coefficient (Wildman–Crippen LogP) is -0.534. The van der Waals surface area contributed by atoms with Crippen LogP contribution in [0, 0.1) is 5.92 Å². The molecule has 106 valence electrons. The van der Waals surface area contributed by atoms with Gasteiger partial charge in [0.15, 0.2) is 6.23 Å². The number of aliphatic hydroxyl groups is 1. The second-order valence-electron chi connectivity index (χ2n) is 4.81. The molecule has 0 aromatic carbocycles.